The molecule has 1 saturated carbocycles. The van der Waals surface area contributed by atoms with Crippen molar-refractivity contribution in [3.63, 3.8) is 0 Å². The van der Waals surface area contributed by atoms with E-state index in [0.29, 0.717) is 6.54 Å². The Kier molecular flexibility index (Phi) is 4.84. The molecule has 3 atom stereocenters. The summed E-state index contributed by atoms with van der Waals surface area (Å²) in [5, 5.41) is 18.3. The SMILES string of the molecule is CC(c1cn(-c2ccccc2)nn1)N1C[C@@H]2CCC[C@@]2(C(=O)O)C1.Cl. The molecule has 1 N–H and O–H groups in total. The molecule has 25 heavy (non-hydrogen) atoms. The number of rotatable bonds is 4. The molecule has 1 unspecified atom stereocenters. The number of halogens is 1. The summed E-state index contributed by atoms with van der Waals surface area (Å²) in [6.45, 7) is 3.55. The second kappa shape index (κ2) is 6.77. The molecule has 1 aliphatic carbocycles. The predicted octanol–water partition coefficient (Wildman–Crippen LogP) is 2.94. The highest BCUT2D eigenvalue weighted by Crippen LogP contribution is 2.50. The second-order valence-electron chi connectivity index (χ2n) is 7.08. The topological polar surface area (TPSA) is 71.2 Å². The monoisotopic (exact) mass is 362 g/mol. The van der Waals surface area contributed by atoms with E-state index in [1.165, 1.54) is 0 Å². The number of hydrogen-bond acceptors (Lipinski definition) is 4. The fourth-order valence-electron chi connectivity index (χ4n) is 4.33. The standard InChI is InChI=1S/C18H22N4O2.ClH/c1-13(16-11-22(20-19-16)15-7-3-2-4-8-15)21-10-14-6-5-9-18(14,12-21)17(23)24;/h2-4,7-8,11,13-14H,5-6,9-10,12H2,1H3,(H,23,24);1H/t13?,14-,18+;/m0./s1. The number of carboxylic acids is 1. The number of carbonyl (C=O) groups is 1. The van der Waals surface area contributed by atoms with Crippen LogP contribution in [0.25, 0.3) is 5.69 Å². The Hall–Kier alpha value is -1.92. The van der Waals surface area contributed by atoms with Crippen molar-refractivity contribution >= 4 is 18.4 Å². The van der Waals surface area contributed by atoms with E-state index in [2.05, 4.69) is 22.1 Å². The van der Waals surface area contributed by atoms with Crippen LogP contribution in [0.1, 0.15) is 37.9 Å². The van der Waals surface area contributed by atoms with Crippen molar-refractivity contribution in [2.75, 3.05) is 13.1 Å². The van der Waals surface area contributed by atoms with Crippen LogP contribution < -0.4 is 0 Å². The van der Waals surface area contributed by atoms with E-state index in [9.17, 15) is 9.90 Å². The number of fused-ring (bicyclic) bond motifs is 1. The van der Waals surface area contributed by atoms with Crippen molar-refractivity contribution in [2.45, 2.75) is 32.2 Å². The molecule has 1 saturated heterocycles. The average molecular weight is 363 g/mol. The van der Waals surface area contributed by atoms with Gasteiger partial charge in [-0.2, -0.15) is 0 Å². The number of likely N-dealkylation sites (tertiary alicyclic amines) is 1. The zero-order chi connectivity index (χ0) is 16.7. The lowest BCUT2D eigenvalue weighted by atomic mass is 9.81. The maximum absolute atomic E-state index is 11.8. The van der Waals surface area contributed by atoms with Crippen LogP contribution in [0.4, 0.5) is 0 Å². The Bertz CT molecular complexity index is 751. The van der Waals surface area contributed by atoms with Crippen molar-refractivity contribution in [2.24, 2.45) is 11.3 Å². The number of benzene rings is 1. The Balaban J connectivity index is 0.00000182. The molecule has 0 spiro atoms. The molecule has 4 rings (SSSR count). The summed E-state index contributed by atoms with van der Waals surface area (Å²) in [4.78, 5) is 14.1. The van der Waals surface area contributed by atoms with Crippen LogP contribution in [0.5, 0.6) is 0 Å². The minimum Gasteiger partial charge on any atom is -0.481 e. The smallest absolute Gasteiger partial charge is 0.311 e. The van der Waals surface area contributed by atoms with Gasteiger partial charge in [0.15, 0.2) is 0 Å². The lowest BCUT2D eigenvalue weighted by Crippen LogP contribution is -2.36. The average Bonchev–Trinajstić information content (AvgIpc) is 3.29. The predicted molar refractivity (Wildman–Crippen MR) is 96.0 cm³/mol. The van der Waals surface area contributed by atoms with Gasteiger partial charge in [0.2, 0.25) is 0 Å². The van der Waals surface area contributed by atoms with Gasteiger partial charge < -0.3 is 5.11 Å². The van der Waals surface area contributed by atoms with Crippen molar-refractivity contribution in [3.05, 3.63) is 42.2 Å². The molecule has 2 aromatic rings. The van der Waals surface area contributed by atoms with Crippen LogP contribution >= 0.6 is 12.4 Å². The largest absolute Gasteiger partial charge is 0.481 e. The number of para-hydroxylation sites is 1. The van der Waals surface area contributed by atoms with Crippen LogP contribution in [0.2, 0.25) is 0 Å². The van der Waals surface area contributed by atoms with Crippen molar-refractivity contribution in [1.82, 2.24) is 19.9 Å². The molecule has 2 heterocycles. The third kappa shape index (κ3) is 2.93. The van der Waals surface area contributed by atoms with Gasteiger partial charge in [-0.05, 0) is 37.8 Å². The molecular weight excluding hydrogens is 340 g/mol. The Morgan fingerprint density at radius 3 is 2.80 bits per heavy atom. The molecule has 6 nitrogen and oxygen atoms in total. The van der Waals surface area contributed by atoms with E-state index in [1.807, 2.05) is 36.5 Å². The van der Waals surface area contributed by atoms with E-state index in [1.54, 1.807) is 4.68 Å². The molecule has 1 aromatic carbocycles. The summed E-state index contributed by atoms with van der Waals surface area (Å²) < 4.78 is 1.77. The van der Waals surface area contributed by atoms with Crippen LogP contribution in [-0.4, -0.2) is 44.1 Å². The third-order valence-electron chi connectivity index (χ3n) is 5.83. The summed E-state index contributed by atoms with van der Waals surface area (Å²) in [6, 6.07) is 9.96. The number of carboxylic acid groups (broad SMARTS) is 1. The number of aliphatic carboxylic acids is 1. The zero-order valence-electron chi connectivity index (χ0n) is 14.2. The van der Waals surface area contributed by atoms with Crippen LogP contribution in [0.15, 0.2) is 36.5 Å². The second-order valence-corrected chi connectivity index (χ2v) is 7.08. The number of hydrogen-bond donors (Lipinski definition) is 1. The summed E-state index contributed by atoms with van der Waals surface area (Å²) in [7, 11) is 0. The van der Waals surface area contributed by atoms with E-state index >= 15 is 0 Å². The van der Waals surface area contributed by atoms with Crippen molar-refractivity contribution in [1.29, 1.82) is 0 Å². The Morgan fingerprint density at radius 1 is 1.36 bits per heavy atom. The van der Waals surface area contributed by atoms with Gasteiger partial charge in [-0.3, -0.25) is 9.69 Å². The lowest BCUT2D eigenvalue weighted by molar-refractivity contribution is -0.149. The first-order chi connectivity index (χ1) is 11.6. The zero-order valence-corrected chi connectivity index (χ0v) is 15.0. The van der Waals surface area contributed by atoms with Gasteiger partial charge in [0.25, 0.3) is 0 Å². The highest BCUT2D eigenvalue weighted by molar-refractivity contribution is 5.85. The molecule has 2 fully saturated rings. The Labute approximate surface area is 153 Å². The van der Waals surface area contributed by atoms with Gasteiger partial charge in [0.1, 0.15) is 0 Å². The third-order valence-corrected chi connectivity index (χ3v) is 5.83. The maximum atomic E-state index is 11.8. The highest BCUT2D eigenvalue weighted by Gasteiger charge is 2.55. The maximum Gasteiger partial charge on any atom is 0.311 e. The molecule has 7 heteroatoms. The van der Waals surface area contributed by atoms with E-state index in [-0.39, 0.29) is 24.4 Å². The first-order valence-corrected chi connectivity index (χ1v) is 8.55. The van der Waals surface area contributed by atoms with Crippen molar-refractivity contribution < 1.29 is 9.90 Å². The number of nitrogens with zero attached hydrogens (tertiary/aromatic N) is 4. The number of aromatic nitrogens is 3. The van der Waals surface area contributed by atoms with Crippen LogP contribution in [-0.2, 0) is 4.79 Å². The Morgan fingerprint density at radius 2 is 2.12 bits per heavy atom. The van der Waals surface area contributed by atoms with Gasteiger partial charge in [0, 0.05) is 13.1 Å². The van der Waals surface area contributed by atoms with Crippen LogP contribution in [0.3, 0.4) is 0 Å². The normalized spacial score (nSPS) is 26.8. The molecular formula is C18H23ClN4O2. The molecule has 134 valence electrons. The summed E-state index contributed by atoms with van der Waals surface area (Å²) >= 11 is 0. The molecule has 0 amide bonds. The van der Waals surface area contributed by atoms with Gasteiger partial charge in [-0.1, -0.05) is 29.8 Å². The quantitative estimate of drug-likeness (QED) is 0.905. The minimum atomic E-state index is -0.632. The summed E-state index contributed by atoms with van der Waals surface area (Å²) in [5.74, 6) is -0.366. The lowest BCUT2D eigenvalue weighted by Gasteiger charge is -2.26. The molecule has 1 aliphatic heterocycles. The highest BCUT2D eigenvalue weighted by atomic mass is 35.5. The van der Waals surface area contributed by atoms with Gasteiger partial charge in [-0.15, -0.1) is 17.5 Å². The first-order valence-electron chi connectivity index (χ1n) is 8.55. The molecule has 1 aromatic heterocycles. The van der Waals surface area contributed by atoms with Crippen LogP contribution in [0, 0.1) is 11.3 Å². The molecule has 2 aliphatic rings. The molecule has 0 bridgehead atoms. The fraction of sp³-hybridized carbons (Fsp3) is 0.500. The van der Waals surface area contributed by atoms with Gasteiger partial charge in [-0.25, -0.2) is 4.68 Å². The fourth-order valence-corrected chi connectivity index (χ4v) is 4.33. The van der Waals surface area contributed by atoms with E-state index in [4.69, 9.17) is 0 Å². The summed E-state index contributed by atoms with van der Waals surface area (Å²) in [6.07, 6.45) is 4.80. The van der Waals surface area contributed by atoms with Crippen molar-refractivity contribution in [3.8, 4) is 5.69 Å². The van der Waals surface area contributed by atoms with E-state index < -0.39 is 11.4 Å². The van der Waals surface area contributed by atoms with Gasteiger partial charge in [0.05, 0.1) is 29.0 Å². The first kappa shape index (κ1) is 17.9. The summed E-state index contributed by atoms with van der Waals surface area (Å²) in [5.41, 5.74) is 1.31. The van der Waals surface area contributed by atoms with E-state index in [0.717, 1.165) is 37.2 Å². The van der Waals surface area contributed by atoms with Gasteiger partial charge >= 0.3 is 5.97 Å². The minimum absolute atomic E-state index is 0. The molecule has 0 radical (unpaired) electrons.